The van der Waals surface area contributed by atoms with Gasteiger partial charge in [-0.25, -0.2) is 4.98 Å². The van der Waals surface area contributed by atoms with Crippen molar-refractivity contribution in [2.45, 2.75) is 45.8 Å². The van der Waals surface area contributed by atoms with E-state index in [1.807, 2.05) is 30.3 Å². The standard InChI is InChI=1S/C21H26N2O2/c1-3-7-21-22-19-8-5-6-9-20(19)23(21)14-17(24)15-25-18-12-10-16(4-2)11-13-18/h5-6,8-13,17,24H,3-4,7,14-15H2,1-2H3/t17-/m1/s1. The molecule has 0 unspecified atom stereocenters. The molecule has 0 saturated carbocycles. The van der Waals surface area contributed by atoms with E-state index in [1.165, 1.54) is 5.56 Å². The number of aromatic nitrogens is 2. The molecule has 0 amide bonds. The highest BCUT2D eigenvalue weighted by molar-refractivity contribution is 5.75. The Balaban J connectivity index is 1.68. The molecule has 1 aromatic heterocycles. The fourth-order valence-electron chi connectivity index (χ4n) is 3.02. The van der Waals surface area contributed by atoms with E-state index >= 15 is 0 Å². The van der Waals surface area contributed by atoms with Crippen LogP contribution >= 0.6 is 0 Å². The summed E-state index contributed by atoms with van der Waals surface area (Å²) in [7, 11) is 0. The average Bonchev–Trinajstić information content (AvgIpc) is 2.98. The monoisotopic (exact) mass is 338 g/mol. The fourth-order valence-corrected chi connectivity index (χ4v) is 3.02. The molecule has 1 heterocycles. The third-order valence-electron chi connectivity index (χ3n) is 4.37. The van der Waals surface area contributed by atoms with Crippen molar-refractivity contribution in [2.75, 3.05) is 6.61 Å². The Morgan fingerprint density at radius 2 is 1.84 bits per heavy atom. The highest BCUT2D eigenvalue weighted by atomic mass is 16.5. The number of ether oxygens (including phenoxy) is 1. The van der Waals surface area contributed by atoms with Gasteiger partial charge in [-0.05, 0) is 42.7 Å². The third kappa shape index (κ3) is 4.20. The lowest BCUT2D eigenvalue weighted by atomic mass is 10.2. The van der Waals surface area contributed by atoms with Gasteiger partial charge in [0.15, 0.2) is 0 Å². The van der Waals surface area contributed by atoms with Gasteiger partial charge in [0.05, 0.1) is 17.6 Å². The zero-order chi connectivity index (χ0) is 17.6. The summed E-state index contributed by atoms with van der Waals surface area (Å²) in [4.78, 5) is 4.70. The van der Waals surface area contributed by atoms with Gasteiger partial charge in [0.2, 0.25) is 0 Å². The molecular weight excluding hydrogens is 312 g/mol. The van der Waals surface area contributed by atoms with Gasteiger partial charge >= 0.3 is 0 Å². The number of para-hydroxylation sites is 2. The number of nitrogens with zero attached hydrogens (tertiary/aromatic N) is 2. The van der Waals surface area contributed by atoms with Crippen molar-refractivity contribution >= 4 is 11.0 Å². The van der Waals surface area contributed by atoms with E-state index in [9.17, 15) is 5.11 Å². The molecule has 1 atom stereocenters. The predicted octanol–water partition coefficient (Wildman–Crippen LogP) is 3.99. The number of hydrogen-bond donors (Lipinski definition) is 1. The first-order chi connectivity index (χ1) is 12.2. The molecule has 0 aliphatic carbocycles. The summed E-state index contributed by atoms with van der Waals surface area (Å²) in [6.07, 6.45) is 2.36. The molecule has 0 aliphatic heterocycles. The average molecular weight is 338 g/mol. The smallest absolute Gasteiger partial charge is 0.119 e. The molecule has 0 spiro atoms. The van der Waals surface area contributed by atoms with Crippen molar-refractivity contribution in [1.82, 2.24) is 9.55 Å². The SMILES string of the molecule is CCCc1nc2ccccc2n1C[C@@H](O)COc1ccc(CC)cc1. The van der Waals surface area contributed by atoms with E-state index in [2.05, 4.69) is 36.6 Å². The number of benzene rings is 2. The van der Waals surface area contributed by atoms with Crippen LogP contribution in [-0.2, 0) is 19.4 Å². The van der Waals surface area contributed by atoms with Gasteiger partial charge in [0, 0.05) is 6.42 Å². The summed E-state index contributed by atoms with van der Waals surface area (Å²) >= 11 is 0. The number of aliphatic hydroxyl groups is 1. The zero-order valence-electron chi connectivity index (χ0n) is 15.0. The molecule has 0 radical (unpaired) electrons. The van der Waals surface area contributed by atoms with Crippen LogP contribution in [0.25, 0.3) is 11.0 Å². The summed E-state index contributed by atoms with van der Waals surface area (Å²) in [6.45, 7) is 5.03. The van der Waals surface area contributed by atoms with Crippen molar-refractivity contribution in [3.8, 4) is 5.75 Å². The molecule has 0 bridgehead atoms. The summed E-state index contributed by atoms with van der Waals surface area (Å²) in [6, 6.07) is 16.1. The predicted molar refractivity (Wildman–Crippen MR) is 101 cm³/mol. The van der Waals surface area contributed by atoms with Crippen molar-refractivity contribution in [1.29, 1.82) is 0 Å². The highest BCUT2D eigenvalue weighted by Crippen LogP contribution is 2.18. The van der Waals surface area contributed by atoms with Gasteiger partial charge in [0.1, 0.15) is 24.3 Å². The first-order valence-corrected chi connectivity index (χ1v) is 9.05. The van der Waals surface area contributed by atoms with E-state index < -0.39 is 6.10 Å². The van der Waals surface area contributed by atoms with Crippen molar-refractivity contribution < 1.29 is 9.84 Å². The van der Waals surface area contributed by atoms with E-state index in [0.29, 0.717) is 6.54 Å². The quantitative estimate of drug-likeness (QED) is 0.675. The Bertz CT molecular complexity index is 808. The Hall–Kier alpha value is -2.33. The molecule has 3 aromatic rings. The minimum Gasteiger partial charge on any atom is -0.491 e. The normalized spacial score (nSPS) is 12.4. The molecule has 4 heteroatoms. The summed E-state index contributed by atoms with van der Waals surface area (Å²) < 4.78 is 7.86. The molecule has 0 aliphatic rings. The molecule has 0 saturated heterocycles. The van der Waals surface area contributed by atoms with Gasteiger partial charge in [-0.1, -0.05) is 38.1 Å². The summed E-state index contributed by atoms with van der Waals surface area (Å²) in [5, 5.41) is 10.5. The second-order valence-corrected chi connectivity index (χ2v) is 6.34. The van der Waals surface area contributed by atoms with Gasteiger partial charge in [-0.2, -0.15) is 0 Å². The zero-order valence-corrected chi connectivity index (χ0v) is 15.0. The maximum absolute atomic E-state index is 10.5. The van der Waals surface area contributed by atoms with E-state index in [4.69, 9.17) is 9.72 Å². The minimum atomic E-state index is -0.584. The molecule has 3 rings (SSSR count). The Kier molecular flexibility index (Phi) is 5.71. The Morgan fingerprint density at radius 1 is 1.08 bits per heavy atom. The number of rotatable bonds is 8. The van der Waals surface area contributed by atoms with Crippen LogP contribution in [0.15, 0.2) is 48.5 Å². The van der Waals surface area contributed by atoms with Gasteiger partial charge in [-0.3, -0.25) is 0 Å². The lowest BCUT2D eigenvalue weighted by Crippen LogP contribution is -2.24. The van der Waals surface area contributed by atoms with Crippen LogP contribution in [0.2, 0.25) is 0 Å². The number of fused-ring (bicyclic) bond motifs is 1. The number of aryl methyl sites for hydroxylation is 2. The van der Waals surface area contributed by atoms with Crippen LogP contribution in [0.3, 0.4) is 0 Å². The molecule has 4 nitrogen and oxygen atoms in total. The Labute approximate surface area is 149 Å². The summed E-state index contributed by atoms with van der Waals surface area (Å²) in [5.41, 5.74) is 3.33. The topological polar surface area (TPSA) is 47.3 Å². The first-order valence-electron chi connectivity index (χ1n) is 9.05. The second-order valence-electron chi connectivity index (χ2n) is 6.34. The van der Waals surface area contributed by atoms with E-state index in [1.54, 1.807) is 0 Å². The molecular formula is C21H26N2O2. The lowest BCUT2D eigenvalue weighted by molar-refractivity contribution is 0.0927. The molecule has 0 fully saturated rings. The van der Waals surface area contributed by atoms with Crippen molar-refractivity contribution in [2.24, 2.45) is 0 Å². The van der Waals surface area contributed by atoms with Crippen molar-refractivity contribution in [3.05, 3.63) is 59.9 Å². The Morgan fingerprint density at radius 3 is 2.56 bits per heavy atom. The van der Waals surface area contributed by atoms with E-state index in [-0.39, 0.29) is 6.61 Å². The highest BCUT2D eigenvalue weighted by Gasteiger charge is 2.14. The maximum atomic E-state index is 10.5. The van der Waals surface area contributed by atoms with Gasteiger partial charge in [-0.15, -0.1) is 0 Å². The van der Waals surface area contributed by atoms with Gasteiger partial charge < -0.3 is 14.4 Å². The maximum Gasteiger partial charge on any atom is 0.119 e. The van der Waals surface area contributed by atoms with E-state index in [0.717, 1.165) is 41.9 Å². The van der Waals surface area contributed by atoms with Crippen LogP contribution < -0.4 is 4.74 Å². The number of imidazole rings is 1. The van der Waals surface area contributed by atoms with Crippen molar-refractivity contribution in [3.63, 3.8) is 0 Å². The van der Waals surface area contributed by atoms with Crippen LogP contribution in [0.5, 0.6) is 5.75 Å². The molecule has 1 N–H and O–H groups in total. The lowest BCUT2D eigenvalue weighted by Gasteiger charge is -2.15. The third-order valence-corrected chi connectivity index (χ3v) is 4.37. The van der Waals surface area contributed by atoms with Gasteiger partial charge in [0.25, 0.3) is 0 Å². The van der Waals surface area contributed by atoms with Crippen LogP contribution in [0.1, 0.15) is 31.7 Å². The second kappa shape index (κ2) is 8.17. The first kappa shape index (κ1) is 17.5. The number of aliphatic hydroxyl groups excluding tert-OH is 1. The van der Waals surface area contributed by atoms with Crippen LogP contribution in [-0.4, -0.2) is 27.4 Å². The fraction of sp³-hybridized carbons (Fsp3) is 0.381. The molecule has 25 heavy (non-hydrogen) atoms. The minimum absolute atomic E-state index is 0.267. The summed E-state index contributed by atoms with van der Waals surface area (Å²) in [5.74, 6) is 1.82. The molecule has 132 valence electrons. The van der Waals surface area contributed by atoms with Crippen LogP contribution in [0, 0.1) is 0 Å². The van der Waals surface area contributed by atoms with Crippen LogP contribution in [0.4, 0.5) is 0 Å². The largest absolute Gasteiger partial charge is 0.491 e. The molecule has 2 aromatic carbocycles. The number of hydrogen-bond acceptors (Lipinski definition) is 3.